The lowest BCUT2D eigenvalue weighted by Gasteiger charge is -2.27. The fourth-order valence-electron chi connectivity index (χ4n) is 3.71. The molecule has 1 aliphatic heterocycles. The van der Waals surface area contributed by atoms with Gasteiger partial charge in [-0.15, -0.1) is 0 Å². The molecule has 2 atom stereocenters. The molecule has 2 fully saturated rings. The lowest BCUT2D eigenvalue weighted by Crippen LogP contribution is -2.32. The maximum Gasteiger partial charge on any atom is 0.259 e. The predicted molar refractivity (Wildman–Crippen MR) is 84.5 cm³/mol. The van der Waals surface area contributed by atoms with Crippen molar-refractivity contribution in [1.82, 2.24) is 15.1 Å². The van der Waals surface area contributed by atoms with E-state index in [-0.39, 0.29) is 0 Å². The molecule has 4 rings (SSSR count). The molecule has 2 aromatic heterocycles. The van der Waals surface area contributed by atoms with Crippen molar-refractivity contribution in [2.24, 2.45) is 11.8 Å². The second-order valence-electron chi connectivity index (χ2n) is 7.00. The summed E-state index contributed by atoms with van der Waals surface area (Å²) in [5.41, 5.74) is 0.899. The van der Waals surface area contributed by atoms with Gasteiger partial charge in [-0.3, -0.25) is 0 Å². The Morgan fingerprint density at radius 1 is 1.32 bits per heavy atom. The van der Waals surface area contributed by atoms with Crippen molar-refractivity contribution < 1.29 is 4.52 Å². The Kier molecular flexibility index (Phi) is 3.36. The van der Waals surface area contributed by atoms with Crippen molar-refractivity contribution >= 4 is 5.82 Å². The summed E-state index contributed by atoms with van der Waals surface area (Å²) in [6, 6.07) is 4.83. The summed E-state index contributed by atoms with van der Waals surface area (Å²) in [5, 5.41) is 4.04. The van der Waals surface area contributed by atoms with Crippen LogP contribution in [0.15, 0.2) is 22.9 Å². The van der Waals surface area contributed by atoms with Crippen LogP contribution >= 0.6 is 0 Å². The number of fused-ring (bicyclic) bond motifs is 2. The lowest BCUT2D eigenvalue weighted by molar-refractivity contribution is 0.417. The minimum atomic E-state index is 0.525. The Labute approximate surface area is 130 Å². The maximum atomic E-state index is 5.35. The fourth-order valence-corrected chi connectivity index (χ4v) is 3.71. The second-order valence-corrected chi connectivity index (χ2v) is 7.00. The van der Waals surface area contributed by atoms with Gasteiger partial charge in [-0.05, 0) is 43.2 Å². The minimum absolute atomic E-state index is 0.525. The lowest BCUT2D eigenvalue weighted by atomic mass is 10.1. The fraction of sp³-hybridized carbons (Fsp3) is 0.588. The zero-order valence-corrected chi connectivity index (χ0v) is 13.2. The van der Waals surface area contributed by atoms with Gasteiger partial charge in [0.15, 0.2) is 5.82 Å². The topological polar surface area (TPSA) is 55.1 Å². The molecule has 2 bridgehead atoms. The third-order valence-electron chi connectivity index (χ3n) is 4.76. The second kappa shape index (κ2) is 5.38. The first-order chi connectivity index (χ1) is 10.7. The minimum Gasteiger partial charge on any atom is -0.353 e. The zero-order chi connectivity index (χ0) is 15.1. The van der Waals surface area contributed by atoms with Crippen molar-refractivity contribution in [2.75, 3.05) is 11.4 Å². The van der Waals surface area contributed by atoms with Crippen LogP contribution < -0.4 is 4.90 Å². The Balaban J connectivity index is 1.51. The number of piperidine rings is 1. The highest BCUT2D eigenvalue weighted by Crippen LogP contribution is 2.39. The van der Waals surface area contributed by atoms with Crippen molar-refractivity contribution in [2.45, 2.75) is 45.6 Å². The zero-order valence-electron chi connectivity index (χ0n) is 13.2. The van der Waals surface area contributed by atoms with Crippen LogP contribution in [0.3, 0.4) is 0 Å². The van der Waals surface area contributed by atoms with Gasteiger partial charge in [-0.1, -0.05) is 19.0 Å². The number of rotatable bonds is 4. The van der Waals surface area contributed by atoms with E-state index < -0.39 is 0 Å². The molecule has 2 aliphatic rings. The first kappa shape index (κ1) is 13.7. The molecule has 0 unspecified atom stereocenters. The number of anilines is 1. The number of nitrogens with zero attached hydrogens (tertiary/aromatic N) is 4. The van der Waals surface area contributed by atoms with E-state index in [1.165, 1.54) is 19.3 Å². The quantitative estimate of drug-likeness (QED) is 0.866. The van der Waals surface area contributed by atoms with Crippen LogP contribution in [0.5, 0.6) is 0 Å². The van der Waals surface area contributed by atoms with E-state index >= 15 is 0 Å². The van der Waals surface area contributed by atoms with Crippen molar-refractivity contribution in [3.05, 3.63) is 24.2 Å². The average molecular weight is 298 g/mol. The first-order valence-corrected chi connectivity index (χ1v) is 8.24. The van der Waals surface area contributed by atoms with E-state index in [9.17, 15) is 0 Å². The average Bonchev–Trinajstić information content (AvgIpc) is 3.23. The number of aromatic nitrogens is 3. The van der Waals surface area contributed by atoms with Gasteiger partial charge in [-0.25, -0.2) is 4.98 Å². The highest BCUT2D eigenvalue weighted by atomic mass is 16.5. The van der Waals surface area contributed by atoms with Crippen LogP contribution in [-0.4, -0.2) is 27.7 Å². The van der Waals surface area contributed by atoms with Crippen molar-refractivity contribution in [3.63, 3.8) is 0 Å². The summed E-state index contributed by atoms with van der Waals surface area (Å²) < 4.78 is 5.35. The molecule has 1 aliphatic carbocycles. The Morgan fingerprint density at radius 3 is 2.86 bits per heavy atom. The smallest absolute Gasteiger partial charge is 0.259 e. The summed E-state index contributed by atoms with van der Waals surface area (Å²) in [6.07, 6.45) is 6.74. The van der Waals surface area contributed by atoms with Gasteiger partial charge in [0.2, 0.25) is 0 Å². The molecule has 0 radical (unpaired) electrons. The Bertz CT molecular complexity index is 649. The van der Waals surface area contributed by atoms with Crippen LogP contribution in [0.25, 0.3) is 11.5 Å². The SMILES string of the molecule is CC(C)Cc1noc(-c2ccc(N3C[C@@H]4CC[C@@H]3C4)nc2)n1. The standard InChI is InChI=1S/C17H22N4O/c1-11(2)7-15-19-17(22-20-15)13-4-6-16(18-9-13)21-10-12-3-5-14(21)8-12/h4,6,9,11-12,14H,3,5,7-8,10H2,1-2H3/t12-,14-/m1/s1. The van der Waals surface area contributed by atoms with E-state index in [0.29, 0.717) is 17.9 Å². The van der Waals surface area contributed by atoms with Gasteiger partial charge >= 0.3 is 0 Å². The molecule has 0 aromatic carbocycles. The van der Waals surface area contributed by atoms with E-state index in [0.717, 1.165) is 36.1 Å². The largest absolute Gasteiger partial charge is 0.353 e. The van der Waals surface area contributed by atoms with Crippen LogP contribution in [0.4, 0.5) is 5.82 Å². The first-order valence-electron chi connectivity index (χ1n) is 8.24. The summed E-state index contributed by atoms with van der Waals surface area (Å²) in [6.45, 7) is 5.46. The van der Waals surface area contributed by atoms with Gasteiger partial charge < -0.3 is 9.42 Å². The van der Waals surface area contributed by atoms with Crippen LogP contribution in [-0.2, 0) is 6.42 Å². The molecule has 0 N–H and O–H groups in total. The molecule has 5 nitrogen and oxygen atoms in total. The molecule has 1 saturated heterocycles. The van der Waals surface area contributed by atoms with Crippen molar-refractivity contribution in [1.29, 1.82) is 0 Å². The van der Waals surface area contributed by atoms with Crippen LogP contribution in [0.2, 0.25) is 0 Å². The summed E-state index contributed by atoms with van der Waals surface area (Å²) >= 11 is 0. The summed E-state index contributed by atoms with van der Waals surface area (Å²) in [5.74, 6) is 3.82. The van der Waals surface area contributed by atoms with Gasteiger partial charge in [0.1, 0.15) is 5.82 Å². The predicted octanol–water partition coefficient (Wildman–Crippen LogP) is 3.32. The molecule has 1 saturated carbocycles. The highest BCUT2D eigenvalue weighted by molar-refractivity contribution is 5.55. The molecule has 5 heteroatoms. The normalized spacial score (nSPS) is 23.7. The molecular weight excluding hydrogens is 276 g/mol. The number of hydrogen-bond acceptors (Lipinski definition) is 5. The van der Waals surface area contributed by atoms with Gasteiger partial charge in [0.25, 0.3) is 5.89 Å². The molecule has 116 valence electrons. The summed E-state index contributed by atoms with van der Waals surface area (Å²) in [7, 11) is 0. The van der Waals surface area contributed by atoms with E-state index in [4.69, 9.17) is 4.52 Å². The van der Waals surface area contributed by atoms with Gasteiger partial charge in [-0.2, -0.15) is 4.98 Å². The van der Waals surface area contributed by atoms with Gasteiger partial charge in [0, 0.05) is 25.2 Å². The van der Waals surface area contributed by atoms with Crippen molar-refractivity contribution in [3.8, 4) is 11.5 Å². The number of pyridine rings is 1. The molecule has 0 spiro atoms. The molecule has 2 aromatic rings. The third-order valence-corrected chi connectivity index (χ3v) is 4.76. The molecule has 0 amide bonds. The van der Waals surface area contributed by atoms with E-state index in [1.54, 1.807) is 0 Å². The van der Waals surface area contributed by atoms with Gasteiger partial charge in [0.05, 0.1) is 5.56 Å². The van der Waals surface area contributed by atoms with E-state index in [1.807, 2.05) is 12.3 Å². The summed E-state index contributed by atoms with van der Waals surface area (Å²) in [4.78, 5) is 11.5. The Morgan fingerprint density at radius 2 is 2.23 bits per heavy atom. The third kappa shape index (κ3) is 2.49. The molecule has 22 heavy (non-hydrogen) atoms. The van der Waals surface area contributed by atoms with Crippen LogP contribution in [0, 0.1) is 11.8 Å². The molecule has 3 heterocycles. The molecular formula is C17H22N4O. The van der Waals surface area contributed by atoms with E-state index in [2.05, 4.69) is 39.9 Å². The monoisotopic (exact) mass is 298 g/mol. The number of hydrogen-bond donors (Lipinski definition) is 0. The highest BCUT2D eigenvalue weighted by Gasteiger charge is 2.38. The van der Waals surface area contributed by atoms with Crippen LogP contribution in [0.1, 0.15) is 38.9 Å². The Hall–Kier alpha value is -1.91. The maximum absolute atomic E-state index is 5.35.